The quantitative estimate of drug-likeness (QED) is 0.168. The van der Waals surface area contributed by atoms with Gasteiger partial charge >= 0.3 is 21.1 Å². The number of hydrogen-bond donors (Lipinski definition) is 0. The van der Waals surface area contributed by atoms with Gasteiger partial charge in [-0.1, -0.05) is 60.2 Å². The monoisotopic (exact) mass is 749 g/mol. The number of anilines is 3. The van der Waals surface area contributed by atoms with Gasteiger partial charge in [-0.25, -0.2) is 20.8 Å². The maximum Gasteiger partial charge on any atom is 2.00 e. The van der Waals surface area contributed by atoms with Crippen LogP contribution >= 0.6 is 0 Å². The molecule has 0 saturated heterocycles. The van der Waals surface area contributed by atoms with Crippen molar-refractivity contribution in [3.05, 3.63) is 145 Å². The molecule has 0 aliphatic carbocycles. The molecular weight excluding hydrogens is 724 g/mol. The zero-order valence-electron chi connectivity index (χ0n) is 24.1. The van der Waals surface area contributed by atoms with E-state index in [2.05, 4.69) is 103 Å². The Morgan fingerprint density at radius 2 is 1.57 bits per heavy atom. The Morgan fingerprint density at radius 3 is 2.36 bits per heavy atom. The number of aryl methyl sites for hydroxylation is 2. The van der Waals surface area contributed by atoms with Crippen LogP contribution in [0.1, 0.15) is 11.1 Å². The van der Waals surface area contributed by atoms with Crippen molar-refractivity contribution in [1.29, 1.82) is 0 Å². The fraction of sp³-hybridized carbons (Fsp3) is 0.0526. The Kier molecular flexibility index (Phi) is 7.12. The third-order valence-electron chi connectivity index (χ3n) is 7.80. The van der Waals surface area contributed by atoms with Crippen molar-refractivity contribution in [2.75, 3.05) is 4.90 Å². The number of fused-ring (bicyclic) bond motifs is 3. The second-order valence-electron chi connectivity index (χ2n) is 10.7. The van der Waals surface area contributed by atoms with E-state index in [0.29, 0.717) is 0 Å². The standard InChI is InChI=1S/C38H26N4O.Pt/c1-25-21-26(2)36-34(22-25)43-37-31(28-15-7-4-8-16-28)23-29(27-13-5-3-6-14-27)24-33(37)41(36)38-30-17-9-10-18-32(30)42(40-38)35-19-11-12-20-39-35;/h3-13,15-23H,1-2H3;/q-2;+2. The van der Waals surface area contributed by atoms with Gasteiger partial charge in [-0.15, -0.1) is 11.2 Å². The SMILES string of the molecule is Cc1cc(C)c2c(c1)Oc1c([c-]c(-c3[c-]cccc3)cc1-c1ccccc1)N2c1nn(-c2ccccn2)c2ccccc12.[Pt+2]. The number of benzene rings is 5. The summed E-state index contributed by atoms with van der Waals surface area (Å²) in [6.45, 7) is 4.22. The summed E-state index contributed by atoms with van der Waals surface area (Å²) in [5.74, 6) is 3.05. The summed E-state index contributed by atoms with van der Waals surface area (Å²) < 4.78 is 8.75. The molecule has 0 unspecified atom stereocenters. The third-order valence-corrected chi connectivity index (χ3v) is 7.80. The van der Waals surface area contributed by atoms with Crippen LogP contribution in [-0.4, -0.2) is 14.8 Å². The van der Waals surface area contributed by atoms with Crippen molar-refractivity contribution in [3.8, 4) is 39.6 Å². The summed E-state index contributed by atoms with van der Waals surface area (Å²) in [7, 11) is 0. The molecule has 0 saturated carbocycles. The smallest absolute Gasteiger partial charge is 0.497 e. The Hall–Kier alpha value is -4.99. The minimum absolute atomic E-state index is 0. The summed E-state index contributed by atoms with van der Waals surface area (Å²) in [5, 5.41) is 6.24. The number of ether oxygens (including phenoxy) is 1. The van der Waals surface area contributed by atoms with E-state index in [0.717, 1.165) is 78.8 Å². The molecule has 5 nitrogen and oxygen atoms in total. The van der Waals surface area contributed by atoms with Crippen molar-refractivity contribution in [2.45, 2.75) is 13.8 Å². The Bertz CT molecular complexity index is 2130. The molecule has 5 aromatic carbocycles. The number of pyridine rings is 1. The van der Waals surface area contributed by atoms with Gasteiger partial charge in [0.15, 0.2) is 11.6 Å². The molecule has 2 aromatic heterocycles. The van der Waals surface area contributed by atoms with Crippen molar-refractivity contribution in [3.63, 3.8) is 0 Å². The Morgan fingerprint density at radius 1 is 0.773 bits per heavy atom. The van der Waals surface area contributed by atoms with Crippen LogP contribution in [-0.2, 0) is 21.1 Å². The molecule has 0 fully saturated rings. The minimum Gasteiger partial charge on any atom is -0.497 e. The van der Waals surface area contributed by atoms with Crippen LogP contribution in [0, 0.1) is 26.0 Å². The summed E-state index contributed by atoms with van der Waals surface area (Å²) in [5.41, 5.74) is 8.83. The van der Waals surface area contributed by atoms with E-state index in [9.17, 15) is 0 Å². The van der Waals surface area contributed by atoms with Crippen LogP contribution < -0.4 is 9.64 Å². The number of rotatable bonds is 4. The molecule has 3 heterocycles. The van der Waals surface area contributed by atoms with Crippen molar-refractivity contribution >= 4 is 28.1 Å². The molecule has 7 aromatic rings. The molecule has 44 heavy (non-hydrogen) atoms. The molecule has 0 bridgehead atoms. The minimum atomic E-state index is 0. The molecule has 0 radical (unpaired) electrons. The van der Waals surface area contributed by atoms with Gasteiger partial charge in [0.1, 0.15) is 5.75 Å². The average Bonchev–Trinajstić information content (AvgIpc) is 3.44. The maximum atomic E-state index is 6.84. The second-order valence-corrected chi connectivity index (χ2v) is 10.7. The maximum absolute atomic E-state index is 6.84. The van der Waals surface area contributed by atoms with E-state index in [1.165, 1.54) is 0 Å². The van der Waals surface area contributed by atoms with Crippen LogP contribution in [0.4, 0.5) is 17.2 Å². The summed E-state index contributed by atoms with van der Waals surface area (Å²) in [6.07, 6.45) is 1.79. The molecule has 0 amide bonds. The van der Waals surface area contributed by atoms with Crippen LogP contribution in [0.15, 0.2) is 121 Å². The predicted molar refractivity (Wildman–Crippen MR) is 172 cm³/mol. The third kappa shape index (κ3) is 4.61. The van der Waals surface area contributed by atoms with E-state index in [1.54, 1.807) is 6.20 Å². The van der Waals surface area contributed by atoms with E-state index in [1.807, 2.05) is 53.2 Å². The molecule has 1 aliphatic rings. The van der Waals surface area contributed by atoms with Crippen molar-refractivity contribution in [2.24, 2.45) is 0 Å². The van der Waals surface area contributed by atoms with Crippen LogP contribution in [0.3, 0.4) is 0 Å². The van der Waals surface area contributed by atoms with Gasteiger partial charge in [0.2, 0.25) is 0 Å². The molecule has 0 N–H and O–H groups in total. The summed E-state index contributed by atoms with van der Waals surface area (Å²) in [4.78, 5) is 6.84. The van der Waals surface area contributed by atoms with E-state index in [4.69, 9.17) is 9.84 Å². The van der Waals surface area contributed by atoms with Gasteiger partial charge in [0.05, 0.1) is 17.0 Å². The first-order valence-electron chi connectivity index (χ1n) is 14.3. The summed E-state index contributed by atoms with van der Waals surface area (Å²) in [6, 6.07) is 46.1. The Labute approximate surface area is 270 Å². The molecule has 214 valence electrons. The van der Waals surface area contributed by atoms with Crippen LogP contribution in [0.5, 0.6) is 11.5 Å². The van der Waals surface area contributed by atoms with Gasteiger partial charge in [-0.3, -0.25) is 0 Å². The van der Waals surface area contributed by atoms with Crippen LogP contribution in [0.25, 0.3) is 39.0 Å². The van der Waals surface area contributed by atoms with Gasteiger partial charge < -0.3 is 9.64 Å². The predicted octanol–water partition coefficient (Wildman–Crippen LogP) is 9.54. The van der Waals surface area contributed by atoms with Crippen molar-refractivity contribution in [1.82, 2.24) is 14.8 Å². The van der Waals surface area contributed by atoms with Gasteiger partial charge in [-0.2, -0.15) is 36.4 Å². The first-order valence-corrected chi connectivity index (χ1v) is 14.3. The fourth-order valence-electron chi connectivity index (χ4n) is 5.94. The zero-order valence-corrected chi connectivity index (χ0v) is 26.3. The molecule has 1 aliphatic heterocycles. The number of hydrogen-bond acceptors (Lipinski definition) is 4. The van der Waals surface area contributed by atoms with Crippen molar-refractivity contribution < 1.29 is 25.8 Å². The van der Waals surface area contributed by atoms with E-state index < -0.39 is 0 Å². The average molecular weight is 750 g/mol. The Balaban J connectivity index is 0.00000312. The van der Waals surface area contributed by atoms with Gasteiger partial charge in [0, 0.05) is 11.6 Å². The molecule has 0 atom stereocenters. The van der Waals surface area contributed by atoms with E-state index >= 15 is 0 Å². The van der Waals surface area contributed by atoms with Crippen LogP contribution in [0.2, 0.25) is 0 Å². The molecular formula is C38H26N4OPt. The largest absolute Gasteiger partial charge is 2.00 e. The topological polar surface area (TPSA) is 43.2 Å². The van der Waals surface area contributed by atoms with Gasteiger partial charge in [0.25, 0.3) is 0 Å². The number of para-hydroxylation sites is 1. The van der Waals surface area contributed by atoms with Gasteiger partial charge in [-0.05, 0) is 66.6 Å². The number of aromatic nitrogens is 3. The second kappa shape index (κ2) is 11.3. The number of nitrogens with zero attached hydrogens (tertiary/aromatic N) is 4. The molecule has 6 heteroatoms. The zero-order chi connectivity index (χ0) is 28.9. The fourth-order valence-corrected chi connectivity index (χ4v) is 5.94. The first-order chi connectivity index (χ1) is 21.2. The normalized spacial score (nSPS) is 11.8. The van der Waals surface area contributed by atoms with E-state index in [-0.39, 0.29) is 21.1 Å². The summed E-state index contributed by atoms with van der Waals surface area (Å²) >= 11 is 0. The first kappa shape index (κ1) is 27.8. The molecule has 0 spiro atoms. The molecule has 8 rings (SSSR count).